The molecule has 1 fully saturated rings. The Morgan fingerprint density at radius 3 is 2.62 bits per heavy atom. The zero-order valence-electron chi connectivity index (χ0n) is 15.6. The third kappa shape index (κ3) is 3.94. The molecule has 0 saturated carbocycles. The molecule has 26 heavy (non-hydrogen) atoms. The molecule has 5 nitrogen and oxygen atoms in total. The predicted octanol–water partition coefficient (Wildman–Crippen LogP) is 4.07. The molecular formula is C18H26ClN5S2. The van der Waals surface area contributed by atoms with Crippen molar-refractivity contribution in [1.29, 1.82) is 0 Å². The van der Waals surface area contributed by atoms with Crippen LogP contribution in [0.4, 0.5) is 5.82 Å². The van der Waals surface area contributed by atoms with Gasteiger partial charge in [-0.15, -0.1) is 23.7 Å². The fourth-order valence-electron chi connectivity index (χ4n) is 3.37. The summed E-state index contributed by atoms with van der Waals surface area (Å²) < 4.78 is 0.243. The van der Waals surface area contributed by atoms with Gasteiger partial charge in [-0.05, 0) is 32.8 Å². The first-order valence-corrected chi connectivity index (χ1v) is 10.7. The number of anilines is 1. The highest BCUT2D eigenvalue weighted by molar-refractivity contribution is 8.15. The summed E-state index contributed by atoms with van der Waals surface area (Å²) in [5.41, 5.74) is 0. The van der Waals surface area contributed by atoms with Crippen LogP contribution in [0.5, 0.6) is 0 Å². The first kappa shape index (κ1) is 19.7. The van der Waals surface area contributed by atoms with Crippen molar-refractivity contribution in [2.75, 3.05) is 37.6 Å². The van der Waals surface area contributed by atoms with E-state index in [0.717, 1.165) is 56.2 Å². The topological polar surface area (TPSA) is 44.6 Å². The Bertz CT molecular complexity index is 804. The average Bonchev–Trinajstić information content (AvgIpc) is 3.09. The van der Waals surface area contributed by atoms with Crippen LogP contribution < -0.4 is 4.90 Å². The molecule has 142 valence electrons. The molecule has 4 heterocycles. The molecule has 0 spiro atoms. The fourth-order valence-corrected chi connectivity index (χ4v) is 5.37. The van der Waals surface area contributed by atoms with Crippen molar-refractivity contribution in [1.82, 2.24) is 14.9 Å². The normalized spacial score (nSPS) is 20.0. The molecule has 2 aliphatic heterocycles. The summed E-state index contributed by atoms with van der Waals surface area (Å²) in [5, 5.41) is 2.44. The number of thioether (sulfide) groups is 1. The first-order chi connectivity index (χ1) is 12.1. The van der Waals surface area contributed by atoms with Crippen LogP contribution in [0.1, 0.15) is 32.1 Å². The van der Waals surface area contributed by atoms with Gasteiger partial charge < -0.3 is 9.80 Å². The lowest BCUT2D eigenvalue weighted by Gasteiger charge is -2.25. The Labute approximate surface area is 169 Å². The number of hydrogen-bond acceptors (Lipinski definition) is 7. The van der Waals surface area contributed by atoms with Crippen molar-refractivity contribution in [3.63, 3.8) is 0 Å². The summed E-state index contributed by atoms with van der Waals surface area (Å²) in [6, 6.07) is 2.28. The zero-order chi connectivity index (χ0) is 17.4. The van der Waals surface area contributed by atoms with E-state index in [2.05, 4.69) is 46.6 Å². The predicted molar refractivity (Wildman–Crippen MR) is 116 cm³/mol. The lowest BCUT2D eigenvalue weighted by Crippen LogP contribution is -2.34. The van der Waals surface area contributed by atoms with Gasteiger partial charge in [-0.3, -0.25) is 4.99 Å². The molecule has 0 amide bonds. The van der Waals surface area contributed by atoms with E-state index in [-0.39, 0.29) is 17.2 Å². The van der Waals surface area contributed by atoms with E-state index in [1.54, 1.807) is 17.7 Å². The average molecular weight is 412 g/mol. The van der Waals surface area contributed by atoms with E-state index in [1.807, 2.05) is 11.8 Å². The molecule has 1 saturated heterocycles. The Morgan fingerprint density at radius 1 is 1.12 bits per heavy atom. The largest absolute Gasteiger partial charge is 0.354 e. The summed E-state index contributed by atoms with van der Waals surface area (Å²) in [6.45, 7) is 11.8. The Hall–Kier alpha value is -1.05. The number of nitrogens with zero attached hydrogens (tertiary/aromatic N) is 5. The molecule has 0 atom stereocenters. The van der Waals surface area contributed by atoms with E-state index in [4.69, 9.17) is 4.99 Å². The maximum absolute atomic E-state index is 4.78. The second-order valence-electron chi connectivity index (χ2n) is 7.27. The van der Waals surface area contributed by atoms with Crippen LogP contribution in [0.25, 0.3) is 10.2 Å². The highest BCUT2D eigenvalue weighted by Gasteiger charge is 2.31. The third-order valence-electron chi connectivity index (χ3n) is 4.74. The SMILES string of the molecule is CCc1cc2c(N3CCCN(C4=NCC(C)(C)S4)CC3)ncnc2s1.Cl. The number of aliphatic imine (C=N–C) groups is 1. The van der Waals surface area contributed by atoms with Crippen LogP contribution >= 0.6 is 35.5 Å². The van der Waals surface area contributed by atoms with Crippen LogP contribution in [0.2, 0.25) is 0 Å². The summed E-state index contributed by atoms with van der Waals surface area (Å²) in [5.74, 6) is 1.10. The van der Waals surface area contributed by atoms with Crippen molar-refractivity contribution in [3.05, 3.63) is 17.3 Å². The smallest absolute Gasteiger partial charge is 0.159 e. The van der Waals surface area contributed by atoms with Crippen molar-refractivity contribution in [2.45, 2.75) is 38.4 Å². The number of fused-ring (bicyclic) bond motifs is 1. The van der Waals surface area contributed by atoms with Crippen LogP contribution in [-0.2, 0) is 6.42 Å². The van der Waals surface area contributed by atoms with Crippen molar-refractivity contribution < 1.29 is 0 Å². The summed E-state index contributed by atoms with van der Waals surface area (Å²) in [7, 11) is 0. The number of hydrogen-bond donors (Lipinski definition) is 0. The fraction of sp³-hybridized carbons (Fsp3) is 0.611. The molecular weight excluding hydrogens is 386 g/mol. The lowest BCUT2D eigenvalue weighted by molar-refractivity contribution is 0.456. The minimum atomic E-state index is 0. The van der Waals surface area contributed by atoms with Gasteiger partial charge in [-0.25, -0.2) is 9.97 Å². The summed E-state index contributed by atoms with van der Waals surface area (Å²) >= 11 is 3.71. The highest BCUT2D eigenvalue weighted by Crippen LogP contribution is 2.34. The van der Waals surface area contributed by atoms with Gasteiger partial charge in [-0.1, -0.05) is 18.7 Å². The van der Waals surface area contributed by atoms with E-state index < -0.39 is 0 Å². The van der Waals surface area contributed by atoms with Crippen LogP contribution in [-0.4, -0.2) is 57.5 Å². The first-order valence-electron chi connectivity index (χ1n) is 9.02. The monoisotopic (exact) mass is 411 g/mol. The molecule has 0 aliphatic carbocycles. The molecule has 0 N–H and O–H groups in total. The maximum Gasteiger partial charge on any atom is 0.159 e. The molecule has 0 unspecified atom stereocenters. The molecule has 2 aromatic rings. The van der Waals surface area contributed by atoms with Crippen molar-refractivity contribution in [2.24, 2.45) is 4.99 Å². The van der Waals surface area contributed by atoms with E-state index >= 15 is 0 Å². The number of rotatable bonds is 2. The van der Waals surface area contributed by atoms with Gasteiger partial charge in [0.25, 0.3) is 0 Å². The molecule has 8 heteroatoms. The highest BCUT2D eigenvalue weighted by atomic mass is 35.5. The second-order valence-corrected chi connectivity index (χ2v) is 10.1. The quantitative estimate of drug-likeness (QED) is 0.745. The molecule has 2 aromatic heterocycles. The van der Waals surface area contributed by atoms with E-state index in [1.165, 1.54) is 15.4 Å². The Morgan fingerprint density at radius 2 is 1.88 bits per heavy atom. The van der Waals surface area contributed by atoms with Gasteiger partial charge in [-0.2, -0.15) is 0 Å². The van der Waals surface area contributed by atoms with Crippen LogP contribution in [0.15, 0.2) is 17.4 Å². The standard InChI is InChI=1S/C18H25N5S2.ClH/c1-4-13-10-14-15(20-12-21-16(14)24-13)22-6-5-7-23(9-8-22)17-19-11-18(2,3)25-17;/h10,12H,4-9,11H2,1-3H3;1H. The van der Waals surface area contributed by atoms with Crippen LogP contribution in [0.3, 0.4) is 0 Å². The number of amidine groups is 1. The molecule has 4 rings (SSSR count). The minimum absolute atomic E-state index is 0. The van der Waals surface area contributed by atoms with E-state index in [9.17, 15) is 0 Å². The van der Waals surface area contributed by atoms with Gasteiger partial charge >= 0.3 is 0 Å². The Balaban J connectivity index is 0.00000196. The molecule has 0 aromatic carbocycles. The van der Waals surface area contributed by atoms with Gasteiger partial charge in [0.1, 0.15) is 17.0 Å². The van der Waals surface area contributed by atoms with Crippen molar-refractivity contribution in [3.8, 4) is 0 Å². The molecule has 2 aliphatic rings. The summed E-state index contributed by atoms with van der Waals surface area (Å²) in [6.07, 6.45) is 3.91. The van der Waals surface area contributed by atoms with E-state index in [0.29, 0.717) is 0 Å². The van der Waals surface area contributed by atoms with Gasteiger partial charge in [0.15, 0.2) is 5.17 Å². The minimum Gasteiger partial charge on any atom is -0.354 e. The summed E-state index contributed by atoms with van der Waals surface area (Å²) in [4.78, 5) is 21.3. The van der Waals surface area contributed by atoms with Crippen LogP contribution in [0, 0.1) is 0 Å². The number of aryl methyl sites for hydroxylation is 1. The Kier molecular flexibility index (Phi) is 5.99. The molecule has 0 radical (unpaired) electrons. The molecule has 0 bridgehead atoms. The lowest BCUT2D eigenvalue weighted by atomic mass is 10.2. The second kappa shape index (κ2) is 7.90. The third-order valence-corrected chi connectivity index (χ3v) is 7.18. The number of halogens is 1. The van der Waals surface area contributed by atoms with Crippen molar-refractivity contribution >= 4 is 56.7 Å². The van der Waals surface area contributed by atoms with Gasteiger partial charge in [0.05, 0.1) is 11.9 Å². The maximum atomic E-state index is 4.78. The number of aromatic nitrogens is 2. The van der Waals surface area contributed by atoms with Gasteiger partial charge in [0, 0.05) is 35.8 Å². The van der Waals surface area contributed by atoms with Gasteiger partial charge in [0.2, 0.25) is 0 Å². The number of thiophene rings is 1. The zero-order valence-corrected chi connectivity index (χ0v) is 18.0.